The standard InChI is InChI=1S/C23H27FN2O3/c1-25-14-15-29-23(17-25)10-12-26(13-11-23)22(27)18-6-8-20(9-7-18)28-16-19-4-2-3-5-21(19)24/h2-9H,10-17H2,1H3. The van der Waals surface area contributed by atoms with Gasteiger partial charge in [0.25, 0.3) is 5.91 Å². The first-order valence-electron chi connectivity index (χ1n) is 10.1. The first-order valence-corrected chi connectivity index (χ1v) is 10.1. The molecule has 5 nitrogen and oxygen atoms in total. The number of piperidine rings is 1. The fourth-order valence-corrected chi connectivity index (χ4v) is 4.11. The summed E-state index contributed by atoms with van der Waals surface area (Å²) < 4.78 is 25.4. The average molecular weight is 398 g/mol. The van der Waals surface area contributed by atoms with E-state index < -0.39 is 0 Å². The number of hydrogen-bond acceptors (Lipinski definition) is 4. The summed E-state index contributed by atoms with van der Waals surface area (Å²) in [5, 5.41) is 0. The van der Waals surface area contributed by atoms with Crippen molar-refractivity contribution in [3.8, 4) is 5.75 Å². The van der Waals surface area contributed by atoms with Crippen LogP contribution in [-0.4, -0.2) is 61.1 Å². The second-order valence-electron chi connectivity index (χ2n) is 7.97. The lowest BCUT2D eigenvalue weighted by Crippen LogP contribution is -2.56. The van der Waals surface area contributed by atoms with E-state index in [0.717, 1.165) is 32.5 Å². The second-order valence-corrected chi connectivity index (χ2v) is 7.97. The SMILES string of the molecule is CN1CCOC2(CCN(C(=O)c3ccc(OCc4ccccc4F)cc3)CC2)C1. The number of hydrogen-bond donors (Lipinski definition) is 0. The van der Waals surface area contributed by atoms with Gasteiger partial charge in [-0.05, 0) is 50.2 Å². The molecule has 0 unspecified atom stereocenters. The Kier molecular flexibility index (Phi) is 5.83. The summed E-state index contributed by atoms with van der Waals surface area (Å²) in [6.07, 6.45) is 1.74. The molecule has 2 heterocycles. The lowest BCUT2D eigenvalue weighted by Gasteiger charge is -2.46. The number of nitrogens with zero attached hydrogens (tertiary/aromatic N) is 2. The largest absolute Gasteiger partial charge is 0.489 e. The van der Waals surface area contributed by atoms with Crippen LogP contribution in [-0.2, 0) is 11.3 Å². The van der Waals surface area contributed by atoms with Gasteiger partial charge in [-0.25, -0.2) is 4.39 Å². The van der Waals surface area contributed by atoms with Crippen molar-refractivity contribution in [2.24, 2.45) is 0 Å². The third kappa shape index (κ3) is 4.60. The van der Waals surface area contributed by atoms with Gasteiger partial charge in [-0.1, -0.05) is 18.2 Å². The number of carbonyl (C=O) groups excluding carboxylic acids is 1. The Morgan fingerprint density at radius 2 is 1.83 bits per heavy atom. The maximum absolute atomic E-state index is 13.7. The van der Waals surface area contributed by atoms with Crippen LogP contribution in [0, 0.1) is 5.82 Å². The van der Waals surface area contributed by atoms with Crippen LogP contribution in [0.15, 0.2) is 48.5 Å². The van der Waals surface area contributed by atoms with Gasteiger partial charge in [0.05, 0.1) is 12.2 Å². The number of likely N-dealkylation sites (N-methyl/N-ethyl adjacent to an activating group) is 1. The number of benzene rings is 2. The van der Waals surface area contributed by atoms with E-state index >= 15 is 0 Å². The number of morpholine rings is 1. The highest BCUT2D eigenvalue weighted by Gasteiger charge is 2.39. The minimum Gasteiger partial charge on any atom is -0.489 e. The molecule has 2 aliphatic heterocycles. The highest BCUT2D eigenvalue weighted by atomic mass is 19.1. The van der Waals surface area contributed by atoms with Crippen LogP contribution in [0.2, 0.25) is 0 Å². The molecular weight excluding hydrogens is 371 g/mol. The topological polar surface area (TPSA) is 42.0 Å². The third-order valence-electron chi connectivity index (χ3n) is 5.85. The van der Waals surface area contributed by atoms with Crippen molar-refractivity contribution in [2.45, 2.75) is 25.0 Å². The fourth-order valence-electron chi connectivity index (χ4n) is 4.11. The zero-order valence-corrected chi connectivity index (χ0v) is 16.8. The van der Waals surface area contributed by atoms with Crippen molar-refractivity contribution in [3.05, 3.63) is 65.5 Å². The lowest BCUT2D eigenvalue weighted by atomic mass is 9.89. The third-order valence-corrected chi connectivity index (χ3v) is 5.85. The number of likely N-dealkylation sites (tertiary alicyclic amines) is 1. The Hall–Kier alpha value is -2.44. The van der Waals surface area contributed by atoms with Crippen molar-refractivity contribution in [3.63, 3.8) is 0 Å². The molecule has 1 spiro atoms. The molecule has 29 heavy (non-hydrogen) atoms. The van der Waals surface area contributed by atoms with E-state index in [4.69, 9.17) is 9.47 Å². The van der Waals surface area contributed by atoms with Crippen LogP contribution < -0.4 is 4.74 Å². The number of ether oxygens (including phenoxy) is 2. The summed E-state index contributed by atoms with van der Waals surface area (Å²) in [5.41, 5.74) is 1.04. The van der Waals surface area contributed by atoms with Crippen LogP contribution in [0.25, 0.3) is 0 Å². The van der Waals surface area contributed by atoms with E-state index in [0.29, 0.717) is 30.0 Å². The maximum Gasteiger partial charge on any atom is 0.253 e. The molecule has 0 aromatic heterocycles. The quantitative estimate of drug-likeness (QED) is 0.792. The van der Waals surface area contributed by atoms with Crippen molar-refractivity contribution >= 4 is 5.91 Å². The molecule has 0 bridgehead atoms. The molecule has 4 rings (SSSR count). The fraction of sp³-hybridized carbons (Fsp3) is 0.435. The zero-order chi connectivity index (χ0) is 20.3. The molecule has 2 aromatic carbocycles. The summed E-state index contributed by atoms with van der Waals surface area (Å²) in [6, 6.07) is 13.6. The Morgan fingerprint density at radius 1 is 1.10 bits per heavy atom. The van der Waals surface area contributed by atoms with Crippen LogP contribution >= 0.6 is 0 Å². The van der Waals surface area contributed by atoms with E-state index in [1.165, 1.54) is 6.07 Å². The monoisotopic (exact) mass is 398 g/mol. The minimum atomic E-state index is -0.282. The van der Waals surface area contributed by atoms with Gasteiger partial charge >= 0.3 is 0 Å². The predicted octanol–water partition coefficient (Wildman–Crippen LogP) is 3.34. The normalized spacial score (nSPS) is 19.3. The van der Waals surface area contributed by atoms with E-state index in [9.17, 15) is 9.18 Å². The minimum absolute atomic E-state index is 0.0321. The molecule has 6 heteroatoms. The van der Waals surface area contributed by atoms with Crippen molar-refractivity contribution in [2.75, 3.05) is 39.8 Å². The first kappa shape index (κ1) is 19.9. The molecule has 0 saturated carbocycles. The number of carbonyl (C=O) groups is 1. The van der Waals surface area contributed by atoms with E-state index in [1.54, 1.807) is 42.5 Å². The van der Waals surface area contributed by atoms with Crippen LogP contribution in [0.5, 0.6) is 5.75 Å². The molecule has 2 aliphatic rings. The Bertz CT molecular complexity index is 847. The van der Waals surface area contributed by atoms with Gasteiger partial charge in [0.1, 0.15) is 18.2 Å². The smallest absolute Gasteiger partial charge is 0.253 e. The highest BCUT2D eigenvalue weighted by Crippen LogP contribution is 2.30. The molecule has 0 radical (unpaired) electrons. The van der Waals surface area contributed by atoms with E-state index in [-0.39, 0.29) is 23.9 Å². The van der Waals surface area contributed by atoms with Crippen molar-refractivity contribution < 1.29 is 18.7 Å². The van der Waals surface area contributed by atoms with Gasteiger partial charge < -0.3 is 19.3 Å². The Labute approximate surface area is 171 Å². The number of amides is 1. The maximum atomic E-state index is 13.7. The van der Waals surface area contributed by atoms with Gasteiger partial charge in [-0.15, -0.1) is 0 Å². The number of halogens is 1. The molecule has 2 fully saturated rings. The van der Waals surface area contributed by atoms with Crippen LogP contribution in [0.1, 0.15) is 28.8 Å². The number of rotatable bonds is 4. The van der Waals surface area contributed by atoms with E-state index in [2.05, 4.69) is 11.9 Å². The molecule has 2 aromatic rings. The van der Waals surface area contributed by atoms with Crippen LogP contribution in [0.4, 0.5) is 4.39 Å². The van der Waals surface area contributed by atoms with Crippen molar-refractivity contribution in [1.29, 1.82) is 0 Å². The average Bonchev–Trinajstić information content (AvgIpc) is 2.74. The van der Waals surface area contributed by atoms with Gasteiger partial charge in [-0.3, -0.25) is 4.79 Å². The summed E-state index contributed by atoms with van der Waals surface area (Å²) in [4.78, 5) is 17.1. The predicted molar refractivity (Wildman–Crippen MR) is 108 cm³/mol. The van der Waals surface area contributed by atoms with Crippen LogP contribution in [0.3, 0.4) is 0 Å². The zero-order valence-electron chi connectivity index (χ0n) is 16.8. The Balaban J connectivity index is 1.32. The highest BCUT2D eigenvalue weighted by molar-refractivity contribution is 5.94. The van der Waals surface area contributed by atoms with Gasteiger partial charge in [0, 0.05) is 37.3 Å². The summed E-state index contributed by atoms with van der Waals surface area (Å²) in [7, 11) is 2.12. The second kappa shape index (κ2) is 8.51. The molecular formula is C23H27FN2O3. The van der Waals surface area contributed by atoms with Gasteiger partial charge in [-0.2, -0.15) is 0 Å². The molecule has 154 valence electrons. The molecule has 0 N–H and O–H groups in total. The summed E-state index contributed by atoms with van der Waals surface area (Å²) in [5.74, 6) is 0.362. The summed E-state index contributed by atoms with van der Waals surface area (Å²) in [6.45, 7) is 4.23. The van der Waals surface area contributed by atoms with Crippen molar-refractivity contribution in [1.82, 2.24) is 9.80 Å². The van der Waals surface area contributed by atoms with Gasteiger partial charge in [0.2, 0.25) is 0 Å². The first-order chi connectivity index (χ1) is 14.0. The molecule has 0 atom stereocenters. The van der Waals surface area contributed by atoms with Gasteiger partial charge in [0.15, 0.2) is 0 Å². The molecule has 2 saturated heterocycles. The Morgan fingerprint density at radius 3 is 2.52 bits per heavy atom. The lowest BCUT2D eigenvalue weighted by molar-refractivity contribution is -0.127. The van der Waals surface area contributed by atoms with E-state index in [1.807, 2.05) is 4.90 Å². The molecule has 0 aliphatic carbocycles. The summed E-state index contributed by atoms with van der Waals surface area (Å²) >= 11 is 0. The molecule has 1 amide bonds.